The maximum absolute atomic E-state index is 4.40. The van der Waals surface area contributed by atoms with Crippen LogP contribution in [0.1, 0.15) is 33.4 Å². The molecule has 9 rings (SSSR count). The second kappa shape index (κ2) is 13.2. The van der Waals surface area contributed by atoms with Crippen molar-refractivity contribution in [2.75, 3.05) is 0 Å². The predicted octanol–water partition coefficient (Wildman–Crippen LogP) is 6.72. The molecule has 6 aromatic rings. The van der Waals surface area contributed by atoms with Gasteiger partial charge in [-0.15, -0.1) is 0 Å². The van der Waals surface area contributed by atoms with Crippen LogP contribution in [-0.4, -0.2) is 29.9 Å². The quantitative estimate of drug-likeness (QED) is 0.170. The molecule has 3 aliphatic carbocycles. The zero-order valence-corrected chi connectivity index (χ0v) is 25.4. The van der Waals surface area contributed by atoms with Gasteiger partial charge in [0.1, 0.15) is 0 Å². The van der Waals surface area contributed by atoms with Crippen LogP contribution in [-0.2, 0) is 58.0 Å². The molecule has 3 aliphatic rings. The normalized spacial score (nSPS) is 12.8. The number of nitrogens with zero attached hydrogens (tertiary/aromatic N) is 6. The van der Waals surface area contributed by atoms with Gasteiger partial charge in [0.25, 0.3) is 0 Å². The van der Waals surface area contributed by atoms with Gasteiger partial charge in [-0.2, -0.15) is 0 Å². The zero-order chi connectivity index (χ0) is 28.1. The van der Waals surface area contributed by atoms with Crippen LogP contribution in [0.15, 0.2) is 110 Å². The Morgan fingerprint density at radius 1 is 0.279 bits per heavy atom. The molecule has 0 bridgehead atoms. The third kappa shape index (κ3) is 6.04. The van der Waals surface area contributed by atoms with Crippen LogP contribution in [0.4, 0.5) is 0 Å². The van der Waals surface area contributed by atoms with Crippen LogP contribution in [0.3, 0.4) is 0 Å². The molecule has 0 N–H and O–H groups in total. The molecular weight excluding hydrogens is 618 g/mol. The first kappa shape index (κ1) is 28.6. The fourth-order valence-electron chi connectivity index (χ4n) is 5.93. The van der Waals surface area contributed by atoms with Gasteiger partial charge in [-0.05, 0) is 108 Å². The van der Waals surface area contributed by atoms with E-state index in [0.717, 1.165) is 72.7 Å². The van der Waals surface area contributed by atoms with E-state index >= 15 is 0 Å². The molecule has 0 spiro atoms. The number of pyridine rings is 6. The fourth-order valence-corrected chi connectivity index (χ4v) is 5.93. The Morgan fingerprint density at radius 2 is 0.442 bits per heavy atom. The topological polar surface area (TPSA) is 77.3 Å². The maximum Gasteiger partial charge on any atom is 0.0920 e. The molecule has 0 saturated heterocycles. The van der Waals surface area contributed by atoms with E-state index in [0.29, 0.717) is 0 Å². The Labute approximate surface area is 264 Å². The first-order valence-corrected chi connectivity index (χ1v) is 14.5. The molecule has 0 aliphatic heterocycles. The van der Waals surface area contributed by atoms with E-state index in [1.807, 2.05) is 73.6 Å². The molecule has 212 valence electrons. The fraction of sp³-hybridized carbons (Fsp3) is 0.167. The van der Waals surface area contributed by atoms with Crippen molar-refractivity contribution < 1.29 is 19.5 Å². The average Bonchev–Trinajstić information content (AvgIpc) is 3.09. The third-order valence-electron chi connectivity index (χ3n) is 8.01. The number of aryl methyl sites for hydroxylation is 6. The first-order valence-electron chi connectivity index (χ1n) is 14.5. The molecule has 6 aromatic heterocycles. The molecule has 0 amide bonds. The van der Waals surface area contributed by atoms with Crippen molar-refractivity contribution >= 4 is 0 Å². The number of hydrogen-bond donors (Lipinski definition) is 0. The third-order valence-corrected chi connectivity index (χ3v) is 8.01. The Balaban J connectivity index is 0.000000113. The summed E-state index contributed by atoms with van der Waals surface area (Å²) in [6, 6.07) is 24.8. The van der Waals surface area contributed by atoms with Crippen LogP contribution >= 0.6 is 0 Å². The largest absolute Gasteiger partial charge is 0.254 e. The molecule has 0 atom stereocenters. The average molecular weight is 648 g/mol. The number of fused-ring (bicyclic) bond motifs is 9. The molecule has 0 fully saturated rings. The van der Waals surface area contributed by atoms with E-state index in [-0.39, 0.29) is 19.5 Å². The standard InChI is InChI=1S/3C12H10N2.Ru/c3*1-3-9-5-6-10-4-2-8-14-12(10)11(9)13-7-1;/h3*1-4,7-8H,5-6H2;. The molecule has 6 heterocycles. The minimum absolute atomic E-state index is 0. The second-order valence-electron chi connectivity index (χ2n) is 10.6. The molecule has 0 unspecified atom stereocenters. The van der Waals surface area contributed by atoms with Crippen LogP contribution < -0.4 is 0 Å². The number of rotatable bonds is 0. The smallest absolute Gasteiger partial charge is 0.0920 e. The molecule has 7 heteroatoms. The van der Waals surface area contributed by atoms with Crippen LogP contribution in [0.5, 0.6) is 0 Å². The second-order valence-corrected chi connectivity index (χ2v) is 10.6. The Bertz CT molecular complexity index is 1520. The summed E-state index contributed by atoms with van der Waals surface area (Å²) in [6.07, 6.45) is 17.5. The van der Waals surface area contributed by atoms with Crippen molar-refractivity contribution in [3.63, 3.8) is 0 Å². The van der Waals surface area contributed by atoms with Gasteiger partial charge in [-0.1, -0.05) is 36.4 Å². The summed E-state index contributed by atoms with van der Waals surface area (Å²) >= 11 is 0. The van der Waals surface area contributed by atoms with Gasteiger partial charge in [-0.3, -0.25) is 29.9 Å². The number of aromatic nitrogens is 6. The molecule has 43 heavy (non-hydrogen) atoms. The summed E-state index contributed by atoms with van der Waals surface area (Å²) in [6.45, 7) is 0. The van der Waals surface area contributed by atoms with Gasteiger partial charge < -0.3 is 0 Å². The molecular formula is C36H30N6Ru. The van der Waals surface area contributed by atoms with Gasteiger partial charge in [0, 0.05) is 56.7 Å². The van der Waals surface area contributed by atoms with E-state index in [2.05, 4.69) is 66.3 Å². The van der Waals surface area contributed by atoms with Crippen molar-refractivity contribution in [3.05, 3.63) is 143 Å². The molecule has 0 aromatic carbocycles. The summed E-state index contributed by atoms with van der Waals surface area (Å²) in [4.78, 5) is 26.4. The van der Waals surface area contributed by atoms with E-state index in [1.165, 1.54) is 33.4 Å². The summed E-state index contributed by atoms with van der Waals surface area (Å²) in [5.74, 6) is 0. The van der Waals surface area contributed by atoms with E-state index in [9.17, 15) is 0 Å². The summed E-state index contributed by atoms with van der Waals surface area (Å²) in [7, 11) is 0. The van der Waals surface area contributed by atoms with Crippen molar-refractivity contribution in [1.29, 1.82) is 0 Å². The number of hydrogen-bond acceptors (Lipinski definition) is 6. The SMILES string of the molecule is [Ru].c1cnc2c(c1)CCc1cccnc1-2.c1cnc2c(c1)CCc1cccnc1-2.c1cnc2c(c1)CCc1cccnc1-2. The van der Waals surface area contributed by atoms with Crippen molar-refractivity contribution in [1.82, 2.24) is 29.9 Å². The van der Waals surface area contributed by atoms with Crippen LogP contribution in [0.2, 0.25) is 0 Å². The molecule has 0 radical (unpaired) electrons. The van der Waals surface area contributed by atoms with Gasteiger partial charge in [-0.25, -0.2) is 0 Å². The van der Waals surface area contributed by atoms with E-state index < -0.39 is 0 Å². The first-order chi connectivity index (χ1) is 20.8. The van der Waals surface area contributed by atoms with Crippen molar-refractivity contribution in [2.45, 2.75) is 38.5 Å². The zero-order valence-electron chi connectivity index (χ0n) is 23.7. The maximum atomic E-state index is 4.40. The Kier molecular flexibility index (Phi) is 8.81. The van der Waals surface area contributed by atoms with Gasteiger partial charge >= 0.3 is 0 Å². The van der Waals surface area contributed by atoms with Gasteiger partial charge in [0.15, 0.2) is 0 Å². The van der Waals surface area contributed by atoms with Gasteiger partial charge in [0.05, 0.1) is 34.2 Å². The Hall–Kier alpha value is -4.48. The van der Waals surface area contributed by atoms with E-state index in [4.69, 9.17) is 0 Å². The van der Waals surface area contributed by atoms with Crippen LogP contribution in [0, 0.1) is 0 Å². The van der Waals surface area contributed by atoms with Crippen LogP contribution in [0.25, 0.3) is 34.2 Å². The minimum atomic E-state index is 0. The Morgan fingerprint density at radius 3 is 0.605 bits per heavy atom. The molecule has 0 saturated carbocycles. The molecule has 6 nitrogen and oxygen atoms in total. The van der Waals surface area contributed by atoms with Crippen molar-refractivity contribution in [3.8, 4) is 34.2 Å². The predicted molar refractivity (Wildman–Crippen MR) is 165 cm³/mol. The summed E-state index contributed by atoms with van der Waals surface area (Å²) in [5, 5.41) is 0. The van der Waals surface area contributed by atoms with E-state index in [1.54, 1.807) is 0 Å². The minimum Gasteiger partial charge on any atom is -0.254 e. The van der Waals surface area contributed by atoms with Crippen molar-refractivity contribution in [2.24, 2.45) is 0 Å². The summed E-state index contributed by atoms with van der Waals surface area (Å²) in [5.41, 5.74) is 14.3. The van der Waals surface area contributed by atoms with Gasteiger partial charge in [0.2, 0.25) is 0 Å². The monoisotopic (exact) mass is 648 g/mol. The summed E-state index contributed by atoms with van der Waals surface area (Å²) < 4.78 is 0.